The molecule has 0 amide bonds. The van der Waals surface area contributed by atoms with E-state index in [1.165, 1.54) is 30.0 Å². The molecular formula is C21H31IN4O. The highest BCUT2D eigenvalue weighted by Gasteiger charge is 2.36. The van der Waals surface area contributed by atoms with E-state index in [0.717, 1.165) is 37.8 Å². The molecule has 0 radical (unpaired) electrons. The fraction of sp³-hybridized carbons (Fsp3) is 0.524. The number of benzene rings is 1. The highest BCUT2D eigenvalue weighted by atomic mass is 127. The highest BCUT2D eigenvalue weighted by molar-refractivity contribution is 14.0. The first kappa shape index (κ1) is 21.9. The van der Waals surface area contributed by atoms with Crippen LogP contribution in [-0.4, -0.2) is 37.7 Å². The van der Waals surface area contributed by atoms with Crippen molar-refractivity contribution < 1.29 is 4.74 Å². The largest absolute Gasteiger partial charge is 0.385 e. The number of halogens is 1. The first-order chi connectivity index (χ1) is 12.8. The Bertz CT molecular complexity index is 741. The lowest BCUT2D eigenvalue weighted by molar-refractivity contribution is 0.0732. The summed E-state index contributed by atoms with van der Waals surface area (Å²) in [4.78, 5) is 9.31. The highest BCUT2D eigenvalue weighted by Crippen LogP contribution is 2.43. The number of guanidine groups is 1. The number of hydrogen-bond donors (Lipinski definition) is 2. The van der Waals surface area contributed by atoms with Crippen molar-refractivity contribution >= 4 is 40.7 Å². The van der Waals surface area contributed by atoms with Crippen LogP contribution in [0.15, 0.2) is 41.5 Å². The minimum Gasteiger partial charge on any atom is -0.385 e. The molecular weight excluding hydrogens is 451 g/mol. The number of ether oxygens (including phenoxy) is 1. The molecule has 3 rings (SSSR count). The molecule has 148 valence electrons. The van der Waals surface area contributed by atoms with Gasteiger partial charge in [0.1, 0.15) is 0 Å². The second-order valence-corrected chi connectivity index (χ2v) is 7.12. The van der Waals surface area contributed by atoms with Gasteiger partial charge < -0.3 is 15.4 Å². The fourth-order valence-corrected chi connectivity index (χ4v) is 3.59. The van der Waals surface area contributed by atoms with Crippen LogP contribution in [0.25, 0.3) is 10.8 Å². The van der Waals surface area contributed by atoms with Gasteiger partial charge in [0.05, 0.1) is 12.2 Å². The lowest BCUT2D eigenvalue weighted by Gasteiger charge is -2.42. The van der Waals surface area contributed by atoms with Gasteiger partial charge in [-0.25, -0.2) is 4.99 Å². The summed E-state index contributed by atoms with van der Waals surface area (Å²) in [5.74, 6) is 0.867. The topological polar surface area (TPSA) is 58.5 Å². The number of fused-ring (bicyclic) bond motifs is 1. The molecule has 1 aromatic heterocycles. The Morgan fingerprint density at radius 3 is 2.74 bits per heavy atom. The Balaban J connectivity index is 0.00000261. The van der Waals surface area contributed by atoms with E-state index in [1.54, 1.807) is 7.11 Å². The number of nitrogens with zero attached hydrogens (tertiary/aromatic N) is 2. The summed E-state index contributed by atoms with van der Waals surface area (Å²) in [6, 6.07) is 10.4. The minimum absolute atomic E-state index is 0. The second kappa shape index (κ2) is 10.8. The van der Waals surface area contributed by atoms with Crippen molar-refractivity contribution in [2.24, 2.45) is 10.4 Å². The van der Waals surface area contributed by atoms with Crippen LogP contribution >= 0.6 is 24.0 Å². The molecule has 1 fully saturated rings. The molecule has 1 aromatic carbocycles. The summed E-state index contributed by atoms with van der Waals surface area (Å²) in [5.41, 5.74) is 1.38. The average Bonchev–Trinajstić information content (AvgIpc) is 2.64. The molecule has 0 saturated heterocycles. The van der Waals surface area contributed by atoms with Crippen molar-refractivity contribution in [2.45, 2.75) is 39.2 Å². The zero-order chi connectivity index (χ0) is 18.2. The molecule has 5 nitrogen and oxygen atoms in total. The molecule has 0 aliphatic heterocycles. The summed E-state index contributed by atoms with van der Waals surface area (Å²) >= 11 is 0. The molecule has 1 saturated carbocycles. The van der Waals surface area contributed by atoms with Crippen LogP contribution in [0.3, 0.4) is 0 Å². The van der Waals surface area contributed by atoms with E-state index in [2.05, 4.69) is 46.8 Å². The van der Waals surface area contributed by atoms with Gasteiger partial charge in [-0.05, 0) is 43.1 Å². The van der Waals surface area contributed by atoms with E-state index in [1.807, 2.05) is 12.3 Å². The molecule has 0 bridgehead atoms. The number of methoxy groups -OCH3 is 1. The van der Waals surface area contributed by atoms with E-state index in [9.17, 15) is 0 Å². The maximum Gasteiger partial charge on any atom is 0.191 e. The van der Waals surface area contributed by atoms with Crippen LogP contribution < -0.4 is 10.6 Å². The first-order valence-corrected chi connectivity index (χ1v) is 9.60. The van der Waals surface area contributed by atoms with Gasteiger partial charge in [0.25, 0.3) is 0 Å². The third-order valence-corrected chi connectivity index (χ3v) is 5.37. The number of aromatic nitrogens is 1. The zero-order valence-electron chi connectivity index (χ0n) is 16.3. The Labute approximate surface area is 179 Å². The quantitative estimate of drug-likeness (QED) is 0.338. The third-order valence-electron chi connectivity index (χ3n) is 5.37. The Morgan fingerprint density at radius 2 is 2.04 bits per heavy atom. The Morgan fingerprint density at radius 1 is 1.22 bits per heavy atom. The number of hydrogen-bond acceptors (Lipinski definition) is 3. The molecule has 2 aromatic rings. The van der Waals surface area contributed by atoms with Crippen LogP contribution in [0, 0.1) is 5.41 Å². The van der Waals surface area contributed by atoms with Crippen molar-refractivity contribution in [3.63, 3.8) is 0 Å². The van der Waals surface area contributed by atoms with Crippen molar-refractivity contribution in [1.82, 2.24) is 15.6 Å². The summed E-state index contributed by atoms with van der Waals surface area (Å²) in [7, 11) is 1.78. The van der Waals surface area contributed by atoms with Crippen molar-refractivity contribution in [1.29, 1.82) is 0 Å². The van der Waals surface area contributed by atoms with Gasteiger partial charge in [-0.15, -0.1) is 24.0 Å². The lowest BCUT2D eigenvalue weighted by atomic mass is 9.67. The molecule has 0 atom stereocenters. The number of rotatable bonds is 8. The predicted molar refractivity (Wildman–Crippen MR) is 123 cm³/mol. The summed E-state index contributed by atoms with van der Waals surface area (Å²) in [6.45, 7) is 5.29. The van der Waals surface area contributed by atoms with Gasteiger partial charge in [-0.1, -0.05) is 30.7 Å². The SMILES string of the molecule is CCNC(=NCc1nccc2ccccc12)NCC1(CCOC)CCC1.I. The smallest absolute Gasteiger partial charge is 0.191 e. The Hall–Kier alpha value is -1.41. The van der Waals surface area contributed by atoms with Gasteiger partial charge in [0.15, 0.2) is 5.96 Å². The second-order valence-electron chi connectivity index (χ2n) is 7.12. The molecule has 2 N–H and O–H groups in total. The molecule has 27 heavy (non-hydrogen) atoms. The van der Waals surface area contributed by atoms with Crippen molar-refractivity contribution in [3.8, 4) is 0 Å². The van der Waals surface area contributed by atoms with E-state index < -0.39 is 0 Å². The van der Waals surface area contributed by atoms with Crippen LogP contribution in [0.2, 0.25) is 0 Å². The van der Waals surface area contributed by atoms with Gasteiger partial charge in [-0.3, -0.25) is 4.98 Å². The van der Waals surface area contributed by atoms with E-state index in [-0.39, 0.29) is 24.0 Å². The van der Waals surface area contributed by atoms with Crippen LogP contribution in [0.1, 0.15) is 38.3 Å². The van der Waals surface area contributed by atoms with Crippen molar-refractivity contribution in [3.05, 3.63) is 42.2 Å². The number of pyridine rings is 1. The normalized spacial score (nSPS) is 15.7. The van der Waals surface area contributed by atoms with Crippen LogP contribution in [-0.2, 0) is 11.3 Å². The zero-order valence-corrected chi connectivity index (χ0v) is 18.7. The van der Waals surface area contributed by atoms with E-state index in [0.29, 0.717) is 12.0 Å². The van der Waals surface area contributed by atoms with Gasteiger partial charge in [0.2, 0.25) is 0 Å². The van der Waals surface area contributed by atoms with E-state index >= 15 is 0 Å². The predicted octanol–water partition coefficient (Wildman–Crippen LogP) is 4.11. The van der Waals surface area contributed by atoms with Crippen molar-refractivity contribution in [2.75, 3.05) is 26.8 Å². The minimum atomic E-state index is 0. The molecule has 0 spiro atoms. The number of nitrogens with one attached hydrogen (secondary N) is 2. The third kappa shape index (κ3) is 5.78. The van der Waals surface area contributed by atoms with Crippen LogP contribution in [0.4, 0.5) is 0 Å². The van der Waals surface area contributed by atoms with Gasteiger partial charge >= 0.3 is 0 Å². The average molecular weight is 482 g/mol. The molecule has 1 heterocycles. The maximum atomic E-state index is 5.29. The Kier molecular flexibility index (Phi) is 8.76. The first-order valence-electron chi connectivity index (χ1n) is 9.60. The number of aliphatic imine (C=N–C) groups is 1. The standard InChI is InChI=1S/C21H30N4O.HI/c1-3-22-20(25-16-21(10-6-11-21)12-14-26-2)24-15-19-18-8-5-4-7-17(18)9-13-23-19;/h4-5,7-9,13H,3,6,10-12,14-16H2,1-2H3,(H2,22,24,25);1H. The molecule has 1 aliphatic rings. The fourth-order valence-electron chi connectivity index (χ4n) is 3.59. The summed E-state index contributed by atoms with van der Waals surface area (Å²) < 4.78 is 5.29. The van der Waals surface area contributed by atoms with Gasteiger partial charge in [-0.2, -0.15) is 0 Å². The molecule has 6 heteroatoms. The summed E-state index contributed by atoms with van der Waals surface area (Å²) in [6.07, 6.45) is 6.84. The van der Waals surface area contributed by atoms with Crippen LogP contribution in [0.5, 0.6) is 0 Å². The monoisotopic (exact) mass is 482 g/mol. The van der Waals surface area contributed by atoms with E-state index in [4.69, 9.17) is 9.73 Å². The van der Waals surface area contributed by atoms with Gasteiger partial charge in [0, 0.05) is 38.4 Å². The summed E-state index contributed by atoms with van der Waals surface area (Å²) in [5, 5.41) is 9.28. The lowest BCUT2D eigenvalue weighted by Crippen LogP contribution is -2.47. The maximum absolute atomic E-state index is 5.29. The molecule has 1 aliphatic carbocycles. The molecule has 0 unspecified atom stereocenters.